The minimum absolute atomic E-state index is 0.00423. The van der Waals surface area contributed by atoms with Gasteiger partial charge in [0, 0.05) is 19.5 Å². The molecule has 0 bridgehead atoms. The number of rotatable bonds is 7. The predicted molar refractivity (Wildman–Crippen MR) is 74.2 cm³/mol. The maximum atomic E-state index is 11.4. The second-order valence-electron chi connectivity index (χ2n) is 4.10. The quantitative estimate of drug-likeness (QED) is 0.583. The lowest BCUT2D eigenvalue weighted by molar-refractivity contribution is -0.384. The molecule has 0 radical (unpaired) electrons. The number of para-hydroxylation sites is 1. The van der Waals surface area contributed by atoms with Crippen LogP contribution in [0.4, 0.5) is 11.4 Å². The number of hydrogen-bond donors (Lipinski definition) is 2. The molecule has 0 atom stereocenters. The molecule has 0 aliphatic carbocycles. The van der Waals surface area contributed by atoms with Gasteiger partial charge in [-0.1, -0.05) is 13.0 Å². The number of carbonyl (C=O) groups is 1. The smallest absolute Gasteiger partial charge is 0.309 e. The first kappa shape index (κ1) is 15.4. The molecule has 1 aromatic carbocycles. The van der Waals surface area contributed by atoms with Crippen molar-refractivity contribution in [3.63, 3.8) is 0 Å². The molecular weight excluding hydrogens is 260 g/mol. The summed E-state index contributed by atoms with van der Waals surface area (Å²) in [6.45, 7) is 2.84. The van der Waals surface area contributed by atoms with E-state index in [0.29, 0.717) is 6.54 Å². The first-order valence-corrected chi connectivity index (χ1v) is 6.28. The first-order chi connectivity index (χ1) is 9.60. The van der Waals surface area contributed by atoms with Gasteiger partial charge in [-0.2, -0.15) is 5.26 Å². The third kappa shape index (κ3) is 4.24. The molecule has 20 heavy (non-hydrogen) atoms. The summed E-state index contributed by atoms with van der Waals surface area (Å²) in [6.07, 6.45) is 1.07. The predicted octanol–water partition coefficient (Wildman–Crippen LogP) is 1.79. The topological polar surface area (TPSA) is 108 Å². The highest BCUT2D eigenvalue weighted by Gasteiger charge is 2.19. The Morgan fingerprint density at radius 1 is 1.45 bits per heavy atom. The van der Waals surface area contributed by atoms with Crippen molar-refractivity contribution < 1.29 is 9.72 Å². The van der Waals surface area contributed by atoms with Crippen LogP contribution in [0.2, 0.25) is 0 Å². The van der Waals surface area contributed by atoms with Crippen LogP contribution in [0.1, 0.15) is 25.3 Å². The Morgan fingerprint density at radius 2 is 2.20 bits per heavy atom. The number of amides is 1. The number of nitro groups is 1. The minimum atomic E-state index is -0.599. The Bertz CT molecular complexity index is 537. The molecule has 0 spiro atoms. The highest BCUT2D eigenvalue weighted by atomic mass is 16.6. The molecule has 7 heteroatoms. The third-order valence-electron chi connectivity index (χ3n) is 2.58. The molecule has 2 N–H and O–H groups in total. The Kier molecular flexibility index (Phi) is 5.97. The average Bonchev–Trinajstić information content (AvgIpc) is 2.44. The van der Waals surface area contributed by atoms with Crippen LogP contribution in [0, 0.1) is 21.4 Å². The van der Waals surface area contributed by atoms with Crippen LogP contribution < -0.4 is 10.6 Å². The van der Waals surface area contributed by atoms with E-state index in [1.807, 2.05) is 6.92 Å². The average molecular weight is 276 g/mol. The molecule has 0 aliphatic heterocycles. The van der Waals surface area contributed by atoms with Gasteiger partial charge in [-0.25, -0.2) is 0 Å². The van der Waals surface area contributed by atoms with E-state index >= 15 is 0 Å². The van der Waals surface area contributed by atoms with Crippen molar-refractivity contribution in [2.24, 2.45) is 0 Å². The standard InChI is InChI=1S/C13H16N4O3/c1-2-7-16-12(18)6-8-15-11-5-3-4-10(9-14)13(11)17(19)20/h3-5,15H,2,6-8H2,1H3,(H,16,18). The normalized spacial score (nSPS) is 9.60. The van der Waals surface area contributed by atoms with Gasteiger partial charge < -0.3 is 10.6 Å². The van der Waals surface area contributed by atoms with Gasteiger partial charge >= 0.3 is 5.69 Å². The van der Waals surface area contributed by atoms with Crippen LogP contribution >= 0.6 is 0 Å². The molecule has 0 saturated heterocycles. The van der Waals surface area contributed by atoms with Crippen molar-refractivity contribution in [3.05, 3.63) is 33.9 Å². The fourth-order valence-electron chi connectivity index (χ4n) is 1.64. The molecular formula is C13H16N4O3. The van der Waals surface area contributed by atoms with Crippen LogP contribution in [0.15, 0.2) is 18.2 Å². The number of nitriles is 1. The molecule has 0 heterocycles. The SMILES string of the molecule is CCCNC(=O)CCNc1cccc(C#N)c1[N+](=O)[O-]. The molecule has 0 fully saturated rings. The number of anilines is 1. The summed E-state index contributed by atoms with van der Waals surface area (Å²) >= 11 is 0. The van der Waals surface area contributed by atoms with E-state index in [-0.39, 0.29) is 35.8 Å². The largest absolute Gasteiger partial charge is 0.379 e. The summed E-state index contributed by atoms with van der Waals surface area (Å²) < 4.78 is 0. The van der Waals surface area contributed by atoms with Gasteiger partial charge in [0.25, 0.3) is 0 Å². The van der Waals surface area contributed by atoms with Gasteiger partial charge in [-0.3, -0.25) is 14.9 Å². The number of nitrogens with one attached hydrogen (secondary N) is 2. The van der Waals surface area contributed by atoms with E-state index in [2.05, 4.69) is 10.6 Å². The molecule has 0 unspecified atom stereocenters. The lowest BCUT2D eigenvalue weighted by Crippen LogP contribution is -2.25. The molecule has 0 aliphatic rings. The van der Waals surface area contributed by atoms with Crippen molar-refractivity contribution in [1.82, 2.24) is 5.32 Å². The molecule has 106 valence electrons. The van der Waals surface area contributed by atoms with Crippen molar-refractivity contribution >= 4 is 17.3 Å². The Morgan fingerprint density at radius 3 is 2.80 bits per heavy atom. The van der Waals surface area contributed by atoms with Gasteiger partial charge in [-0.05, 0) is 18.6 Å². The fraction of sp³-hybridized carbons (Fsp3) is 0.385. The second-order valence-corrected chi connectivity index (χ2v) is 4.10. The van der Waals surface area contributed by atoms with Crippen LogP contribution in [0.3, 0.4) is 0 Å². The van der Waals surface area contributed by atoms with E-state index in [4.69, 9.17) is 5.26 Å². The van der Waals surface area contributed by atoms with Crippen molar-refractivity contribution in [2.45, 2.75) is 19.8 Å². The van der Waals surface area contributed by atoms with E-state index in [9.17, 15) is 14.9 Å². The van der Waals surface area contributed by atoms with E-state index in [1.165, 1.54) is 12.1 Å². The molecule has 1 aromatic rings. The summed E-state index contributed by atoms with van der Waals surface area (Å²) in [4.78, 5) is 21.8. The summed E-state index contributed by atoms with van der Waals surface area (Å²) in [6, 6.07) is 6.25. The summed E-state index contributed by atoms with van der Waals surface area (Å²) in [5, 5.41) is 25.4. The van der Waals surface area contributed by atoms with Gasteiger partial charge in [0.2, 0.25) is 5.91 Å². The highest BCUT2D eigenvalue weighted by molar-refractivity contribution is 5.77. The number of benzene rings is 1. The molecule has 1 amide bonds. The number of nitro benzene ring substituents is 1. The zero-order valence-electron chi connectivity index (χ0n) is 11.2. The lowest BCUT2D eigenvalue weighted by Gasteiger charge is -2.08. The number of nitrogens with zero attached hydrogens (tertiary/aromatic N) is 2. The molecule has 1 rings (SSSR count). The lowest BCUT2D eigenvalue weighted by atomic mass is 10.1. The third-order valence-corrected chi connectivity index (χ3v) is 2.58. The minimum Gasteiger partial charge on any atom is -0.379 e. The second kappa shape index (κ2) is 7.74. The van der Waals surface area contributed by atoms with E-state index < -0.39 is 4.92 Å². The van der Waals surface area contributed by atoms with E-state index in [0.717, 1.165) is 6.42 Å². The maximum Gasteiger partial charge on any atom is 0.309 e. The zero-order chi connectivity index (χ0) is 15.0. The van der Waals surface area contributed by atoms with Gasteiger partial charge in [0.05, 0.1) is 4.92 Å². The molecule has 0 saturated carbocycles. The molecule has 0 aromatic heterocycles. The van der Waals surface area contributed by atoms with Crippen LogP contribution in [-0.2, 0) is 4.79 Å². The fourth-order valence-corrected chi connectivity index (χ4v) is 1.64. The Labute approximate surface area is 116 Å². The monoisotopic (exact) mass is 276 g/mol. The number of carbonyl (C=O) groups excluding carboxylic acids is 1. The van der Waals surface area contributed by atoms with Gasteiger partial charge in [0.1, 0.15) is 17.3 Å². The van der Waals surface area contributed by atoms with Crippen LogP contribution in [0.25, 0.3) is 0 Å². The summed E-state index contributed by atoms with van der Waals surface area (Å²) in [5.74, 6) is -0.113. The zero-order valence-corrected chi connectivity index (χ0v) is 11.2. The van der Waals surface area contributed by atoms with Crippen molar-refractivity contribution in [2.75, 3.05) is 18.4 Å². The van der Waals surface area contributed by atoms with E-state index in [1.54, 1.807) is 12.1 Å². The Hall–Kier alpha value is -2.62. The van der Waals surface area contributed by atoms with Crippen molar-refractivity contribution in [3.8, 4) is 6.07 Å². The Balaban J connectivity index is 2.67. The van der Waals surface area contributed by atoms with Crippen LogP contribution in [-0.4, -0.2) is 23.9 Å². The number of hydrogen-bond acceptors (Lipinski definition) is 5. The van der Waals surface area contributed by atoms with Crippen molar-refractivity contribution in [1.29, 1.82) is 5.26 Å². The summed E-state index contributed by atoms with van der Waals surface area (Å²) in [5.41, 5.74) is -0.0169. The molecule has 7 nitrogen and oxygen atoms in total. The van der Waals surface area contributed by atoms with Gasteiger partial charge in [-0.15, -0.1) is 0 Å². The maximum absolute atomic E-state index is 11.4. The summed E-state index contributed by atoms with van der Waals surface area (Å²) in [7, 11) is 0. The first-order valence-electron chi connectivity index (χ1n) is 6.28. The van der Waals surface area contributed by atoms with Crippen LogP contribution in [0.5, 0.6) is 0 Å². The van der Waals surface area contributed by atoms with Gasteiger partial charge in [0.15, 0.2) is 0 Å². The highest BCUT2D eigenvalue weighted by Crippen LogP contribution is 2.27.